The van der Waals surface area contributed by atoms with E-state index in [-0.39, 0.29) is 0 Å². The summed E-state index contributed by atoms with van der Waals surface area (Å²) in [5.41, 5.74) is 2.55. The quantitative estimate of drug-likeness (QED) is 0.753. The summed E-state index contributed by atoms with van der Waals surface area (Å²) < 4.78 is 11.2. The van der Waals surface area contributed by atoms with Crippen molar-refractivity contribution in [2.75, 3.05) is 32.7 Å². The SMILES string of the molecule is COc1ccc(C)cc1CN1CCC(OCCCl)CC1. The molecule has 1 aromatic rings. The summed E-state index contributed by atoms with van der Waals surface area (Å²) in [6.45, 7) is 5.88. The molecule has 3 nitrogen and oxygen atoms in total. The van der Waals surface area contributed by atoms with Crippen molar-refractivity contribution in [2.24, 2.45) is 0 Å². The fraction of sp³-hybridized carbons (Fsp3) is 0.625. The van der Waals surface area contributed by atoms with Gasteiger partial charge in [-0.1, -0.05) is 17.7 Å². The van der Waals surface area contributed by atoms with E-state index in [0.29, 0.717) is 18.6 Å². The summed E-state index contributed by atoms with van der Waals surface area (Å²) in [4.78, 5) is 2.47. The largest absolute Gasteiger partial charge is 0.496 e. The number of hydrogen-bond donors (Lipinski definition) is 0. The van der Waals surface area contributed by atoms with Crippen LogP contribution in [0.4, 0.5) is 0 Å². The van der Waals surface area contributed by atoms with Crippen LogP contribution < -0.4 is 4.74 Å². The second-order valence-corrected chi connectivity index (χ2v) is 5.73. The van der Waals surface area contributed by atoms with Gasteiger partial charge in [0.25, 0.3) is 0 Å². The first-order valence-electron chi connectivity index (χ1n) is 7.26. The van der Waals surface area contributed by atoms with Gasteiger partial charge in [0.1, 0.15) is 5.75 Å². The van der Waals surface area contributed by atoms with Crippen molar-refractivity contribution in [3.63, 3.8) is 0 Å². The normalized spacial score (nSPS) is 17.4. The second-order valence-electron chi connectivity index (χ2n) is 5.35. The summed E-state index contributed by atoms with van der Waals surface area (Å²) in [5, 5.41) is 0. The molecule has 0 amide bonds. The maximum atomic E-state index is 5.71. The third-order valence-corrected chi connectivity index (χ3v) is 3.95. The summed E-state index contributed by atoms with van der Waals surface area (Å²) >= 11 is 5.66. The van der Waals surface area contributed by atoms with Gasteiger partial charge >= 0.3 is 0 Å². The molecule has 0 unspecified atom stereocenters. The van der Waals surface area contributed by atoms with Gasteiger partial charge in [-0.15, -0.1) is 11.6 Å². The third kappa shape index (κ3) is 4.37. The van der Waals surface area contributed by atoms with Crippen molar-refractivity contribution in [2.45, 2.75) is 32.4 Å². The van der Waals surface area contributed by atoms with E-state index in [1.165, 1.54) is 11.1 Å². The van der Waals surface area contributed by atoms with E-state index in [2.05, 4.69) is 30.0 Å². The summed E-state index contributed by atoms with van der Waals surface area (Å²) in [6, 6.07) is 6.37. The fourth-order valence-electron chi connectivity index (χ4n) is 2.72. The Hall–Kier alpha value is -0.770. The van der Waals surface area contributed by atoms with Crippen molar-refractivity contribution < 1.29 is 9.47 Å². The minimum atomic E-state index is 0.379. The number of rotatable bonds is 6. The van der Waals surface area contributed by atoms with Crippen LogP contribution in [0.2, 0.25) is 0 Å². The number of hydrogen-bond acceptors (Lipinski definition) is 3. The van der Waals surface area contributed by atoms with Gasteiger partial charge in [0.2, 0.25) is 0 Å². The van der Waals surface area contributed by atoms with Crippen molar-refractivity contribution in [1.29, 1.82) is 0 Å². The molecule has 0 aliphatic carbocycles. The van der Waals surface area contributed by atoms with Crippen LogP contribution in [0.1, 0.15) is 24.0 Å². The van der Waals surface area contributed by atoms with Gasteiger partial charge in [0.15, 0.2) is 0 Å². The highest BCUT2D eigenvalue weighted by Gasteiger charge is 2.20. The van der Waals surface area contributed by atoms with Crippen LogP contribution in [0, 0.1) is 6.92 Å². The van der Waals surface area contributed by atoms with E-state index in [0.717, 1.165) is 38.2 Å². The first-order chi connectivity index (χ1) is 9.72. The molecule has 1 aliphatic rings. The smallest absolute Gasteiger partial charge is 0.123 e. The Morgan fingerprint density at radius 2 is 2.05 bits per heavy atom. The molecule has 0 spiro atoms. The number of ether oxygens (including phenoxy) is 2. The van der Waals surface area contributed by atoms with Gasteiger partial charge < -0.3 is 9.47 Å². The van der Waals surface area contributed by atoms with E-state index < -0.39 is 0 Å². The van der Waals surface area contributed by atoms with Crippen LogP contribution >= 0.6 is 11.6 Å². The van der Waals surface area contributed by atoms with E-state index in [9.17, 15) is 0 Å². The molecule has 0 saturated carbocycles. The van der Waals surface area contributed by atoms with Gasteiger partial charge in [-0.05, 0) is 25.8 Å². The number of methoxy groups -OCH3 is 1. The molecular weight excluding hydrogens is 274 g/mol. The van der Waals surface area contributed by atoms with Gasteiger partial charge in [-0.3, -0.25) is 4.90 Å². The average molecular weight is 298 g/mol. The fourth-order valence-corrected chi connectivity index (χ4v) is 2.81. The van der Waals surface area contributed by atoms with Crippen LogP contribution in [0.15, 0.2) is 18.2 Å². The molecule has 4 heteroatoms. The van der Waals surface area contributed by atoms with Crippen LogP contribution in [-0.4, -0.2) is 43.7 Å². The minimum absolute atomic E-state index is 0.379. The molecule has 0 atom stereocenters. The van der Waals surface area contributed by atoms with Gasteiger partial charge in [0, 0.05) is 31.1 Å². The van der Waals surface area contributed by atoms with Crippen LogP contribution in [0.5, 0.6) is 5.75 Å². The lowest BCUT2D eigenvalue weighted by molar-refractivity contribution is 0.0133. The Balaban J connectivity index is 1.87. The Bertz CT molecular complexity index is 417. The van der Waals surface area contributed by atoms with Gasteiger partial charge in [-0.25, -0.2) is 0 Å². The zero-order valence-electron chi connectivity index (χ0n) is 12.4. The topological polar surface area (TPSA) is 21.7 Å². The number of aryl methyl sites for hydroxylation is 1. The average Bonchev–Trinajstić information content (AvgIpc) is 2.47. The molecule has 2 rings (SSSR count). The standard InChI is InChI=1S/C16H24ClNO2/c1-13-3-4-16(19-2)14(11-13)12-18-8-5-15(6-9-18)20-10-7-17/h3-4,11,15H,5-10,12H2,1-2H3. The molecular formula is C16H24ClNO2. The predicted octanol–water partition coefficient (Wildman–Crippen LogP) is 3.22. The van der Waals surface area contributed by atoms with Gasteiger partial charge in [-0.2, -0.15) is 0 Å². The highest BCUT2D eigenvalue weighted by Crippen LogP contribution is 2.23. The summed E-state index contributed by atoms with van der Waals surface area (Å²) in [6.07, 6.45) is 2.56. The number of alkyl halides is 1. The van der Waals surface area contributed by atoms with Crippen LogP contribution in [-0.2, 0) is 11.3 Å². The number of nitrogens with zero attached hydrogens (tertiary/aromatic N) is 1. The van der Waals surface area contributed by atoms with Crippen LogP contribution in [0.25, 0.3) is 0 Å². The highest BCUT2D eigenvalue weighted by molar-refractivity contribution is 6.17. The van der Waals surface area contributed by atoms with E-state index in [1.54, 1.807) is 7.11 Å². The Morgan fingerprint density at radius 3 is 2.70 bits per heavy atom. The van der Waals surface area contributed by atoms with Crippen molar-refractivity contribution >= 4 is 11.6 Å². The highest BCUT2D eigenvalue weighted by atomic mass is 35.5. The van der Waals surface area contributed by atoms with Gasteiger partial charge in [0.05, 0.1) is 19.8 Å². The van der Waals surface area contributed by atoms with E-state index in [4.69, 9.17) is 21.1 Å². The molecule has 0 radical (unpaired) electrons. The lowest BCUT2D eigenvalue weighted by atomic mass is 10.1. The molecule has 112 valence electrons. The Morgan fingerprint density at radius 1 is 1.30 bits per heavy atom. The van der Waals surface area contributed by atoms with Crippen molar-refractivity contribution in [3.05, 3.63) is 29.3 Å². The number of benzene rings is 1. The molecule has 1 fully saturated rings. The molecule has 0 aromatic heterocycles. The molecule has 20 heavy (non-hydrogen) atoms. The second kappa shape index (κ2) is 7.87. The number of halogens is 1. The monoisotopic (exact) mass is 297 g/mol. The predicted molar refractivity (Wildman–Crippen MR) is 82.7 cm³/mol. The molecule has 1 aromatic carbocycles. The van der Waals surface area contributed by atoms with E-state index in [1.807, 2.05) is 0 Å². The third-order valence-electron chi connectivity index (χ3n) is 3.80. The first-order valence-corrected chi connectivity index (χ1v) is 7.80. The van der Waals surface area contributed by atoms with Crippen molar-refractivity contribution in [3.8, 4) is 5.75 Å². The number of piperidine rings is 1. The Labute approximate surface area is 126 Å². The van der Waals surface area contributed by atoms with E-state index >= 15 is 0 Å². The Kier molecular flexibility index (Phi) is 6.14. The molecule has 1 aliphatic heterocycles. The molecule has 1 saturated heterocycles. The van der Waals surface area contributed by atoms with Crippen LogP contribution in [0.3, 0.4) is 0 Å². The minimum Gasteiger partial charge on any atom is -0.496 e. The number of likely N-dealkylation sites (tertiary alicyclic amines) is 1. The zero-order chi connectivity index (χ0) is 14.4. The summed E-state index contributed by atoms with van der Waals surface area (Å²) in [7, 11) is 1.74. The molecule has 0 N–H and O–H groups in total. The molecule has 0 bridgehead atoms. The molecule has 1 heterocycles. The van der Waals surface area contributed by atoms with Crippen molar-refractivity contribution in [1.82, 2.24) is 4.90 Å². The zero-order valence-corrected chi connectivity index (χ0v) is 13.2. The first kappa shape index (κ1) is 15.6. The lowest BCUT2D eigenvalue weighted by Gasteiger charge is -2.32. The maximum Gasteiger partial charge on any atom is 0.123 e. The summed E-state index contributed by atoms with van der Waals surface area (Å²) in [5.74, 6) is 1.57. The lowest BCUT2D eigenvalue weighted by Crippen LogP contribution is -2.36. The maximum absolute atomic E-state index is 5.71.